The van der Waals surface area contributed by atoms with Crippen LogP contribution in [0.2, 0.25) is 5.02 Å². The number of hydrogen-bond acceptors (Lipinski definition) is 5. The van der Waals surface area contributed by atoms with Crippen molar-refractivity contribution in [2.75, 3.05) is 13.7 Å². The van der Waals surface area contributed by atoms with Gasteiger partial charge < -0.3 is 15.8 Å². The smallest absolute Gasteiger partial charge is 0.328 e. The van der Waals surface area contributed by atoms with Crippen molar-refractivity contribution in [1.29, 1.82) is 0 Å². The lowest BCUT2D eigenvalue weighted by Crippen LogP contribution is -2.42. The van der Waals surface area contributed by atoms with Crippen LogP contribution in [-0.4, -0.2) is 37.4 Å². The van der Waals surface area contributed by atoms with E-state index in [4.69, 9.17) is 17.3 Å². The number of benzene rings is 1. The molecule has 1 aromatic rings. The molecule has 0 heterocycles. The Kier molecular flexibility index (Phi) is 7.01. The van der Waals surface area contributed by atoms with Crippen molar-refractivity contribution in [3.8, 4) is 0 Å². The van der Waals surface area contributed by atoms with E-state index in [1.54, 1.807) is 25.1 Å². The lowest BCUT2D eigenvalue weighted by atomic mass is 10.1. The summed E-state index contributed by atoms with van der Waals surface area (Å²) in [5.74, 6) is -1.31. The van der Waals surface area contributed by atoms with Gasteiger partial charge in [-0.15, -0.1) is 0 Å². The van der Waals surface area contributed by atoms with Crippen LogP contribution < -0.4 is 11.1 Å². The summed E-state index contributed by atoms with van der Waals surface area (Å²) in [6.45, 7) is 1.64. The second-order valence-corrected chi connectivity index (χ2v) is 5.17. The zero-order chi connectivity index (χ0) is 16.7. The number of carbonyl (C=O) groups is 3. The molecule has 0 aliphatic rings. The Morgan fingerprint density at radius 1 is 1.36 bits per heavy atom. The molecular formula is C15H19ClN2O4. The molecule has 1 amide bonds. The van der Waals surface area contributed by atoms with Crippen LogP contribution in [0.5, 0.6) is 0 Å². The molecule has 6 nitrogen and oxygen atoms in total. The van der Waals surface area contributed by atoms with E-state index in [0.29, 0.717) is 16.1 Å². The predicted octanol–water partition coefficient (Wildman–Crippen LogP) is 1.23. The maximum atomic E-state index is 12.3. The van der Waals surface area contributed by atoms with Crippen LogP contribution in [-0.2, 0) is 14.3 Å². The van der Waals surface area contributed by atoms with E-state index in [2.05, 4.69) is 10.1 Å². The van der Waals surface area contributed by atoms with Crippen LogP contribution >= 0.6 is 11.6 Å². The Labute approximate surface area is 134 Å². The summed E-state index contributed by atoms with van der Waals surface area (Å²) in [4.78, 5) is 35.3. The highest BCUT2D eigenvalue weighted by Gasteiger charge is 2.24. The minimum Gasteiger partial charge on any atom is -0.467 e. The molecule has 0 aliphatic heterocycles. The SMILES string of the molecule is COC(=O)[C@H](CCC(=O)CN)NC(=O)c1c(C)cccc1Cl. The summed E-state index contributed by atoms with van der Waals surface area (Å²) in [7, 11) is 1.22. The van der Waals surface area contributed by atoms with Gasteiger partial charge in [0.1, 0.15) is 11.8 Å². The van der Waals surface area contributed by atoms with Gasteiger partial charge in [0.25, 0.3) is 5.91 Å². The topological polar surface area (TPSA) is 98.5 Å². The second kappa shape index (κ2) is 8.51. The molecule has 0 aromatic heterocycles. The van der Waals surface area contributed by atoms with E-state index in [1.807, 2.05) is 0 Å². The standard InChI is InChI=1S/C15H19ClN2O4/c1-9-4-3-5-11(16)13(9)14(20)18-12(15(21)22-2)7-6-10(19)8-17/h3-5,12H,6-8,17H2,1-2H3,(H,18,20)/t12-/m0/s1. The summed E-state index contributed by atoms with van der Waals surface area (Å²) in [6.07, 6.45) is 0.204. The third-order valence-corrected chi connectivity index (χ3v) is 3.49. The number of aryl methyl sites for hydroxylation is 1. The van der Waals surface area contributed by atoms with Gasteiger partial charge in [-0.3, -0.25) is 9.59 Å². The van der Waals surface area contributed by atoms with Crippen LogP contribution in [0.1, 0.15) is 28.8 Å². The number of rotatable bonds is 7. The van der Waals surface area contributed by atoms with Gasteiger partial charge in [-0.05, 0) is 25.0 Å². The number of nitrogens with one attached hydrogen (secondary N) is 1. The van der Waals surface area contributed by atoms with Crippen molar-refractivity contribution >= 4 is 29.3 Å². The Hall–Kier alpha value is -1.92. The molecule has 0 radical (unpaired) electrons. The number of amides is 1. The zero-order valence-electron chi connectivity index (χ0n) is 12.5. The quantitative estimate of drug-likeness (QED) is 0.734. The second-order valence-electron chi connectivity index (χ2n) is 4.76. The third-order valence-electron chi connectivity index (χ3n) is 3.18. The number of carbonyl (C=O) groups excluding carboxylic acids is 3. The van der Waals surface area contributed by atoms with Gasteiger partial charge in [-0.25, -0.2) is 4.79 Å². The van der Waals surface area contributed by atoms with Crippen molar-refractivity contribution in [2.45, 2.75) is 25.8 Å². The van der Waals surface area contributed by atoms with Gasteiger partial charge in [-0.1, -0.05) is 23.7 Å². The summed E-state index contributed by atoms with van der Waals surface area (Å²) in [5, 5.41) is 2.85. The highest BCUT2D eigenvalue weighted by atomic mass is 35.5. The lowest BCUT2D eigenvalue weighted by Gasteiger charge is -2.17. The molecular weight excluding hydrogens is 308 g/mol. The van der Waals surface area contributed by atoms with Gasteiger partial charge in [0, 0.05) is 6.42 Å². The molecule has 1 rings (SSSR count). The molecule has 22 heavy (non-hydrogen) atoms. The molecule has 3 N–H and O–H groups in total. The van der Waals surface area contributed by atoms with Crippen LogP contribution in [0.4, 0.5) is 0 Å². The van der Waals surface area contributed by atoms with Gasteiger partial charge in [0.05, 0.1) is 24.2 Å². The van der Waals surface area contributed by atoms with E-state index in [1.165, 1.54) is 7.11 Å². The molecule has 0 saturated carbocycles. The largest absolute Gasteiger partial charge is 0.467 e. The lowest BCUT2D eigenvalue weighted by molar-refractivity contribution is -0.143. The molecule has 0 aliphatic carbocycles. The van der Waals surface area contributed by atoms with Crippen molar-refractivity contribution in [3.05, 3.63) is 34.3 Å². The highest BCUT2D eigenvalue weighted by molar-refractivity contribution is 6.34. The van der Waals surface area contributed by atoms with Crippen molar-refractivity contribution in [3.63, 3.8) is 0 Å². The Bertz CT molecular complexity index is 554. The molecule has 0 bridgehead atoms. The molecule has 120 valence electrons. The molecule has 1 atom stereocenters. The minimum absolute atomic E-state index is 0.0814. The maximum absolute atomic E-state index is 12.3. The number of nitrogens with two attached hydrogens (primary N) is 1. The number of halogens is 1. The molecule has 0 spiro atoms. The van der Waals surface area contributed by atoms with Crippen LogP contribution in [0.3, 0.4) is 0 Å². The van der Waals surface area contributed by atoms with Crippen molar-refractivity contribution < 1.29 is 19.1 Å². The Morgan fingerprint density at radius 3 is 2.59 bits per heavy atom. The summed E-state index contributed by atoms with van der Waals surface area (Å²) < 4.78 is 4.65. The number of Topliss-reactive ketones (excluding diaryl/α,β-unsaturated/α-hetero) is 1. The monoisotopic (exact) mass is 326 g/mol. The first-order chi connectivity index (χ1) is 10.4. The van der Waals surface area contributed by atoms with Crippen LogP contribution in [0.25, 0.3) is 0 Å². The first-order valence-electron chi connectivity index (χ1n) is 6.76. The average Bonchev–Trinajstić information content (AvgIpc) is 2.49. The predicted molar refractivity (Wildman–Crippen MR) is 82.8 cm³/mol. The van der Waals surface area contributed by atoms with Crippen LogP contribution in [0, 0.1) is 6.92 Å². The molecule has 0 fully saturated rings. The average molecular weight is 327 g/mol. The zero-order valence-corrected chi connectivity index (χ0v) is 13.3. The first-order valence-corrected chi connectivity index (χ1v) is 7.14. The fraction of sp³-hybridized carbons (Fsp3) is 0.400. The Balaban J connectivity index is 2.87. The molecule has 1 aromatic carbocycles. The third kappa shape index (κ3) is 4.82. The van der Waals surface area contributed by atoms with E-state index >= 15 is 0 Å². The van der Waals surface area contributed by atoms with E-state index in [9.17, 15) is 14.4 Å². The summed E-state index contributed by atoms with van der Waals surface area (Å²) in [5.41, 5.74) is 6.21. The number of methoxy groups -OCH3 is 1. The minimum atomic E-state index is -0.927. The number of hydrogen-bond donors (Lipinski definition) is 2. The number of ether oxygens (including phenoxy) is 1. The molecule has 7 heteroatoms. The van der Waals surface area contributed by atoms with Crippen molar-refractivity contribution in [1.82, 2.24) is 5.32 Å². The van der Waals surface area contributed by atoms with Gasteiger partial charge in [-0.2, -0.15) is 0 Å². The molecule has 0 saturated heterocycles. The fourth-order valence-corrected chi connectivity index (χ4v) is 2.26. The summed E-state index contributed by atoms with van der Waals surface area (Å²) >= 11 is 6.02. The van der Waals surface area contributed by atoms with E-state index < -0.39 is 17.9 Å². The van der Waals surface area contributed by atoms with Crippen molar-refractivity contribution in [2.24, 2.45) is 5.73 Å². The molecule has 0 unspecified atom stereocenters. The Morgan fingerprint density at radius 2 is 2.05 bits per heavy atom. The highest BCUT2D eigenvalue weighted by Crippen LogP contribution is 2.19. The van der Waals surface area contributed by atoms with Gasteiger partial charge in [0.15, 0.2) is 0 Å². The number of esters is 1. The van der Waals surface area contributed by atoms with E-state index in [0.717, 1.165) is 0 Å². The number of ketones is 1. The van der Waals surface area contributed by atoms with Gasteiger partial charge in [0.2, 0.25) is 0 Å². The maximum Gasteiger partial charge on any atom is 0.328 e. The summed E-state index contributed by atoms with van der Waals surface area (Å²) in [6, 6.07) is 4.13. The normalized spacial score (nSPS) is 11.6. The first kappa shape index (κ1) is 18.1. The fourth-order valence-electron chi connectivity index (χ4n) is 1.95. The van der Waals surface area contributed by atoms with Gasteiger partial charge >= 0.3 is 5.97 Å². The van der Waals surface area contributed by atoms with E-state index in [-0.39, 0.29) is 25.2 Å². The van der Waals surface area contributed by atoms with Crippen LogP contribution in [0.15, 0.2) is 18.2 Å².